The molecule has 0 aromatic rings. The molecule has 0 aromatic carbocycles. The van der Waals surface area contributed by atoms with Gasteiger partial charge in [0.25, 0.3) is 0 Å². The summed E-state index contributed by atoms with van der Waals surface area (Å²) in [6.07, 6.45) is 5.64. The van der Waals surface area contributed by atoms with E-state index in [1.165, 1.54) is 5.57 Å². The van der Waals surface area contributed by atoms with E-state index in [0.717, 1.165) is 36.5 Å². The quantitative estimate of drug-likeness (QED) is 0.694. The molecule has 0 unspecified atom stereocenters. The van der Waals surface area contributed by atoms with Crippen molar-refractivity contribution in [2.75, 3.05) is 13.2 Å². The lowest BCUT2D eigenvalue weighted by Gasteiger charge is -2.51. The average Bonchev–Trinajstić information content (AvgIpc) is 3.13. The first kappa shape index (κ1) is 17.7. The van der Waals surface area contributed by atoms with Crippen LogP contribution in [-0.2, 0) is 18.7 Å². The molecule has 3 aliphatic carbocycles. The number of rotatable bonds is 5. The minimum Gasteiger partial charge on any atom is -0.407 e. The number of carbonyl (C=O) groups excluding carboxylic acids is 1. The van der Waals surface area contributed by atoms with Crippen LogP contribution in [0.2, 0.25) is 18.1 Å². The first-order valence-corrected chi connectivity index (χ1v) is 12.4. The van der Waals surface area contributed by atoms with Crippen LogP contribution in [0.15, 0.2) is 23.3 Å². The fraction of sp³-hybridized carbons (Fsp3) is 0.750. The lowest BCUT2D eigenvalue weighted by atomic mass is 9.69. The Labute approximate surface area is 151 Å². The van der Waals surface area contributed by atoms with E-state index in [4.69, 9.17) is 13.9 Å². The van der Waals surface area contributed by atoms with Crippen LogP contribution in [0.1, 0.15) is 40.5 Å². The minimum absolute atomic E-state index is 0.0200. The van der Waals surface area contributed by atoms with Crippen molar-refractivity contribution in [1.29, 1.82) is 0 Å². The van der Waals surface area contributed by atoms with Crippen molar-refractivity contribution in [3.8, 4) is 0 Å². The van der Waals surface area contributed by atoms with E-state index in [9.17, 15) is 4.79 Å². The fourth-order valence-electron chi connectivity index (χ4n) is 5.39. The maximum Gasteiger partial charge on any atom is 0.204 e. The van der Waals surface area contributed by atoms with Gasteiger partial charge in [-0.25, -0.2) is 0 Å². The first-order chi connectivity index (χ1) is 12.0. The molecular formula is C20H30O4Si. The van der Waals surface area contributed by atoms with Crippen LogP contribution in [0, 0.1) is 11.3 Å². The summed E-state index contributed by atoms with van der Waals surface area (Å²) < 4.78 is 19.7. The summed E-state index contributed by atoms with van der Waals surface area (Å²) in [7, 11) is -1.86. The molecule has 25 heavy (non-hydrogen) atoms. The molecule has 1 heterocycles. The topological polar surface area (TPSA) is 44.8 Å². The number of hydrogen-bond donors (Lipinski definition) is 0. The lowest BCUT2D eigenvalue weighted by Crippen LogP contribution is -2.62. The van der Waals surface area contributed by atoms with Crippen LogP contribution in [0.3, 0.4) is 0 Å². The third-order valence-electron chi connectivity index (χ3n) is 7.32. The lowest BCUT2D eigenvalue weighted by molar-refractivity contribution is -0.259. The van der Waals surface area contributed by atoms with Gasteiger partial charge in [0.05, 0.1) is 13.2 Å². The highest BCUT2D eigenvalue weighted by Crippen LogP contribution is 2.68. The molecule has 2 spiro atoms. The molecule has 0 bridgehead atoms. The van der Waals surface area contributed by atoms with Gasteiger partial charge in [0.1, 0.15) is 6.10 Å². The highest BCUT2D eigenvalue weighted by molar-refractivity contribution is 6.73. The van der Waals surface area contributed by atoms with Gasteiger partial charge in [-0.3, -0.25) is 4.79 Å². The molecule has 0 aromatic heterocycles. The van der Waals surface area contributed by atoms with Gasteiger partial charge in [-0.15, -0.1) is 0 Å². The number of carbonyl (C=O) groups is 1. The van der Waals surface area contributed by atoms with Crippen LogP contribution in [0.4, 0.5) is 0 Å². The summed E-state index contributed by atoms with van der Waals surface area (Å²) in [5.41, 5.74) is 1.99. The van der Waals surface area contributed by atoms with Crippen molar-refractivity contribution in [3.63, 3.8) is 0 Å². The normalized spacial score (nSPS) is 32.1. The Balaban J connectivity index is 1.83. The van der Waals surface area contributed by atoms with E-state index in [1.54, 1.807) is 6.08 Å². The van der Waals surface area contributed by atoms with Crippen molar-refractivity contribution in [3.05, 3.63) is 23.3 Å². The number of hydrogen-bond acceptors (Lipinski definition) is 4. The van der Waals surface area contributed by atoms with Gasteiger partial charge in [0.15, 0.2) is 14.1 Å². The van der Waals surface area contributed by atoms with Crippen LogP contribution in [0.25, 0.3) is 0 Å². The Morgan fingerprint density at radius 3 is 2.28 bits per heavy atom. The monoisotopic (exact) mass is 362 g/mol. The zero-order valence-electron chi connectivity index (χ0n) is 15.9. The summed E-state index contributed by atoms with van der Waals surface area (Å²) in [5, 5.41) is 0. The Bertz CT molecular complexity index is 628. The van der Waals surface area contributed by atoms with Crippen molar-refractivity contribution in [2.45, 2.75) is 70.6 Å². The van der Waals surface area contributed by atoms with Crippen molar-refractivity contribution < 1.29 is 18.7 Å². The number of allylic oxidation sites excluding steroid dienone is 1. The molecule has 2 atom stereocenters. The second-order valence-corrected chi connectivity index (χ2v) is 12.7. The molecule has 4 nitrogen and oxygen atoms in total. The molecule has 2 fully saturated rings. The summed E-state index contributed by atoms with van der Waals surface area (Å²) in [6, 6.07) is 3.26. The smallest absolute Gasteiger partial charge is 0.204 e. The SMILES string of the molecule is CC[Si](CC)(CC)O[C@@H]1[C@@H]2C=CC(=O)C2=C(C)C2(CC2)C12OCCO2. The molecule has 1 aliphatic heterocycles. The second-order valence-electron chi connectivity index (χ2n) is 8.02. The number of ether oxygens (including phenoxy) is 2. The molecule has 4 aliphatic rings. The van der Waals surface area contributed by atoms with Gasteiger partial charge in [-0.2, -0.15) is 0 Å². The molecule has 0 radical (unpaired) electrons. The van der Waals surface area contributed by atoms with Crippen molar-refractivity contribution >= 4 is 14.1 Å². The van der Waals surface area contributed by atoms with Gasteiger partial charge in [-0.1, -0.05) is 32.4 Å². The standard InChI is InChI=1S/C20H30O4Si/c1-5-25(6-2,7-3)24-18-15-8-9-16(21)17(15)14(4)19(10-11-19)20(18)22-12-13-23-20/h8-9,15,18H,5-7,10-13H2,1-4H3/t15-,18-/m1/s1. The zero-order chi connectivity index (χ0) is 17.9. The number of fused-ring (bicyclic) bond motifs is 2. The Hall–Kier alpha value is -0.753. The molecule has 5 heteroatoms. The van der Waals surface area contributed by atoms with Gasteiger partial charge in [0, 0.05) is 16.9 Å². The summed E-state index contributed by atoms with van der Waals surface area (Å²) in [5.74, 6) is -0.557. The van der Waals surface area contributed by atoms with Crippen LogP contribution in [-0.4, -0.2) is 39.2 Å². The van der Waals surface area contributed by atoms with E-state index in [2.05, 4.69) is 27.7 Å². The highest BCUT2D eigenvalue weighted by Gasteiger charge is 2.73. The fourth-order valence-corrected chi connectivity index (χ4v) is 8.23. The van der Waals surface area contributed by atoms with Gasteiger partial charge >= 0.3 is 0 Å². The minimum atomic E-state index is -1.86. The Morgan fingerprint density at radius 2 is 1.76 bits per heavy atom. The largest absolute Gasteiger partial charge is 0.407 e. The number of ketones is 1. The van der Waals surface area contributed by atoms with E-state index in [0.29, 0.717) is 13.2 Å². The van der Waals surface area contributed by atoms with Gasteiger partial charge < -0.3 is 13.9 Å². The third kappa shape index (κ3) is 2.19. The van der Waals surface area contributed by atoms with Gasteiger partial charge in [-0.05, 0) is 44.0 Å². The molecule has 138 valence electrons. The molecule has 4 rings (SSSR count). The third-order valence-corrected chi connectivity index (χ3v) is 11.9. The van der Waals surface area contributed by atoms with Crippen molar-refractivity contribution in [1.82, 2.24) is 0 Å². The predicted molar refractivity (Wildman–Crippen MR) is 98.7 cm³/mol. The first-order valence-electron chi connectivity index (χ1n) is 9.88. The zero-order valence-corrected chi connectivity index (χ0v) is 16.9. The molecule has 1 saturated heterocycles. The maximum absolute atomic E-state index is 12.6. The average molecular weight is 363 g/mol. The molecular weight excluding hydrogens is 332 g/mol. The van der Waals surface area contributed by atoms with Crippen LogP contribution in [0.5, 0.6) is 0 Å². The van der Waals surface area contributed by atoms with E-state index in [1.807, 2.05) is 6.08 Å². The molecule has 1 saturated carbocycles. The predicted octanol–water partition coefficient (Wildman–Crippen LogP) is 3.99. The Kier molecular flexibility index (Phi) is 4.15. The second kappa shape index (κ2) is 5.88. The summed E-state index contributed by atoms with van der Waals surface area (Å²) >= 11 is 0. The van der Waals surface area contributed by atoms with Gasteiger partial charge in [0.2, 0.25) is 5.79 Å². The summed E-state index contributed by atoms with van der Waals surface area (Å²) in [6.45, 7) is 10.1. The van der Waals surface area contributed by atoms with E-state index in [-0.39, 0.29) is 23.2 Å². The Morgan fingerprint density at radius 1 is 1.16 bits per heavy atom. The maximum atomic E-state index is 12.6. The van der Waals surface area contributed by atoms with E-state index < -0.39 is 14.1 Å². The highest BCUT2D eigenvalue weighted by atomic mass is 28.4. The van der Waals surface area contributed by atoms with Crippen LogP contribution < -0.4 is 0 Å². The molecule has 0 N–H and O–H groups in total. The molecule has 0 amide bonds. The van der Waals surface area contributed by atoms with E-state index >= 15 is 0 Å². The van der Waals surface area contributed by atoms with Crippen molar-refractivity contribution in [2.24, 2.45) is 11.3 Å². The summed E-state index contributed by atoms with van der Waals surface area (Å²) in [4.78, 5) is 12.6. The van der Waals surface area contributed by atoms with Crippen LogP contribution >= 0.6 is 0 Å².